The third-order valence-corrected chi connectivity index (χ3v) is 2.65. The molecule has 1 heterocycles. The first-order valence-corrected chi connectivity index (χ1v) is 7.08. The number of hydrogen-bond donors (Lipinski definition) is 1. The zero-order valence-corrected chi connectivity index (χ0v) is 12.0. The Kier molecular flexibility index (Phi) is 7.49. The standard InChI is InChI=1S/C13H22ClN3O/c1-3-9-18-12-10-11(2)16-13(17-12)15-8-6-4-5-7-14/h10H,3-9H2,1-2H3,(H,15,16,17). The van der Waals surface area contributed by atoms with Gasteiger partial charge in [0, 0.05) is 24.2 Å². The molecule has 1 N–H and O–H groups in total. The highest BCUT2D eigenvalue weighted by Gasteiger charge is 2.02. The van der Waals surface area contributed by atoms with Crippen molar-refractivity contribution in [3.63, 3.8) is 0 Å². The number of halogens is 1. The van der Waals surface area contributed by atoms with Gasteiger partial charge in [-0.2, -0.15) is 4.98 Å². The Bertz CT molecular complexity index is 347. The van der Waals surface area contributed by atoms with Crippen molar-refractivity contribution in [2.24, 2.45) is 0 Å². The lowest BCUT2D eigenvalue weighted by Crippen LogP contribution is -2.08. The van der Waals surface area contributed by atoms with Crippen LogP contribution < -0.4 is 10.1 Å². The first-order chi connectivity index (χ1) is 8.76. The van der Waals surface area contributed by atoms with Gasteiger partial charge in [0.2, 0.25) is 11.8 Å². The first kappa shape index (κ1) is 15.0. The molecule has 18 heavy (non-hydrogen) atoms. The molecule has 1 aromatic rings. The highest BCUT2D eigenvalue weighted by atomic mass is 35.5. The smallest absolute Gasteiger partial charge is 0.226 e. The maximum absolute atomic E-state index is 5.63. The van der Waals surface area contributed by atoms with E-state index in [1.807, 2.05) is 13.0 Å². The summed E-state index contributed by atoms with van der Waals surface area (Å²) in [5.74, 6) is 2.02. The second-order valence-electron chi connectivity index (χ2n) is 4.20. The van der Waals surface area contributed by atoms with Crippen LogP contribution in [0.1, 0.15) is 38.3 Å². The van der Waals surface area contributed by atoms with E-state index in [-0.39, 0.29) is 0 Å². The molecule has 0 unspecified atom stereocenters. The molecule has 102 valence electrons. The molecular weight excluding hydrogens is 250 g/mol. The van der Waals surface area contributed by atoms with E-state index in [4.69, 9.17) is 16.3 Å². The molecule has 1 rings (SSSR count). The third kappa shape index (κ3) is 6.05. The monoisotopic (exact) mass is 271 g/mol. The van der Waals surface area contributed by atoms with E-state index in [9.17, 15) is 0 Å². The molecule has 0 saturated heterocycles. The van der Waals surface area contributed by atoms with Crippen LogP contribution in [0.2, 0.25) is 0 Å². The van der Waals surface area contributed by atoms with Gasteiger partial charge in [0.15, 0.2) is 0 Å². The number of anilines is 1. The van der Waals surface area contributed by atoms with E-state index >= 15 is 0 Å². The van der Waals surface area contributed by atoms with E-state index in [1.165, 1.54) is 0 Å². The zero-order chi connectivity index (χ0) is 13.2. The SMILES string of the molecule is CCCOc1cc(C)nc(NCCCCCCl)n1. The summed E-state index contributed by atoms with van der Waals surface area (Å²) in [5.41, 5.74) is 0.916. The Labute approximate surface area is 114 Å². The fourth-order valence-electron chi connectivity index (χ4n) is 1.50. The van der Waals surface area contributed by atoms with Crippen LogP contribution in [0.4, 0.5) is 5.95 Å². The van der Waals surface area contributed by atoms with Crippen LogP contribution in [0.25, 0.3) is 0 Å². The van der Waals surface area contributed by atoms with Gasteiger partial charge in [0.1, 0.15) is 0 Å². The molecule has 0 spiro atoms. The molecular formula is C13H22ClN3O. The summed E-state index contributed by atoms with van der Waals surface area (Å²) in [5, 5.41) is 3.22. The number of unbranched alkanes of at least 4 members (excludes halogenated alkanes) is 2. The predicted molar refractivity (Wildman–Crippen MR) is 75.6 cm³/mol. The minimum Gasteiger partial charge on any atom is -0.478 e. The molecule has 0 radical (unpaired) electrons. The summed E-state index contributed by atoms with van der Waals surface area (Å²) in [6.07, 6.45) is 4.24. The van der Waals surface area contributed by atoms with Crippen LogP contribution in [0.5, 0.6) is 5.88 Å². The summed E-state index contributed by atoms with van der Waals surface area (Å²) in [6, 6.07) is 1.86. The average Bonchev–Trinajstić information content (AvgIpc) is 2.35. The maximum Gasteiger partial charge on any atom is 0.226 e. The molecule has 0 aliphatic rings. The highest BCUT2D eigenvalue weighted by molar-refractivity contribution is 6.17. The quantitative estimate of drug-likeness (QED) is 0.552. The van der Waals surface area contributed by atoms with Crippen LogP contribution in [-0.4, -0.2) is 29.0 Å². The van der Waals surface area contributed by atoms with Crippen molar-refractivity contribution in [3.05, 3.63) is 11.8 Å². The van der Waals surface area contributed by atoms with Crippen LogP contribution in [-0.2, 0) is 0 Å². The largest absolute Gasteiger partial charge is 0.478 e. The predicted octanol–water partition coefficient (Wildman–Crippen LogP) is 3.39. The van der Waals surface area contributed by atoms with E-state index < -0.39 is 0 Å². The number of rotatable bonds is 9. The molecule has 0 amide bonds. The third-order valence-electron chi connectivity index (χ3n) is 2.38. The molecule has 0 fully saturated rings. The molecule has 0 bridgehead atoms. The van der Waals surface area contributed by atoms with Crippen molar-refractivity contribution in [2.45, 2.75) is 39.5 Å². The second-order valence-corrected chi connectivity index (χ2v) is 4.57. The van der Waals surface area contributed by atoms with E-state index in [0.29, 0.717) is 18.4 Å². The fourth-order valence-corrected chi connectivity index (χ4v) is 1.68. The summed E-state index contributed by atoms with van der Waals surface area (Å²) in [7, 11) is 0. The minimum atomic E-state index is 0.645. The zero-order valence-electron chi connectivity index (χ0n) is 11.2. The van der Waals surface area contributed by atoms with Gasteiger partial charge in [-0.1, -0.05) is 13.3 Å². The van der Waals surface area contributed by atoms with E-state index in [2.05, 4.69) is 22.2 Å². The van der Waals surface area contributed by atoms with Crippen molar-refractivity contribution in [1.82, 2.24) is 9.97 Å². The van der Waals surface area contributed by atoms with Crippen LogP contribution in [0.3, 0.4) is 0 Å². The fraction of sp³-hybridized carbons (Fsp3) is 0.692. The number of nitrogens with one attached hydrogen (secondary N) is 1. The van der Waals surface area contributed by atoms with Crippen LogP contribution >= 0.6 is 11.6 Å². The number of nitrogens with zero attached hydrogens (tertiary/aromatic N) is 2. The van der Waals surface area contributed by atoms with Gasteiger partial charge in [0.05, 0.1) is 6.61 Å². The topological polar surface area (TPSA) is 47.0 Å². The second kappa shape index (κ2) is 8.97. The van der Waals surface area contributed by atoms with Crippen LogP contribution in [0, 0.1) is 6.92 Å². The van der Waals surface area contributed by atoms with Gasteiger partial charge < -0.3 is 10.1 Å². The van der Waals surface area contributed by atoms with Crippen molar-refractivity contribution < 1.29 is 4.74 Å². The van der Waals surface area contributed by atoms with Gasteiger partial charge in [-0.15, -0.1) is 11.6 Å². The summed E-state index contributed by atoms with van der Waals surface area (Å²) >= 11 is 5.63. The molecule has 0 aromatic carbocycles. The Morgan fingerprint density at radius 3 is 2.83 bits per heavy atom. The molecule has 0 saturated carbocycles. The van der Waals surface area contributed by atoms with E-state index in [0.717, 1.165) is 43.8 Å². The van der Waals surface area contributed by atoms with Crippen molar-refractivity contribution in [1.29, 1.82) is 0 Å². The van der Waals surface area contributed by atoms with Gasteiger partial charge >= 0.3 is 0 Å². The summed E-state index contributed by atoms with van der Waals surface area (Å²) < 4.78 is 5.51. The van der Waals surface area contributed by atoms with Crippen molar-refractivity contribution >= 4 is 17.5 Å². The van der Waals surface area contributed by atoms with Gasteiger partial charge in [-0.05, 0) is 26.2 Å². The Morgan fingerprint density at radius 2 is 2.11 bits per heavy atom. The molecule has 0 aliphatic carbocycles. The number of alkyl halides is 1. The number of hydrogen-bond acceptors (Lipinski definition) is 4. The Balaban J connectivity index is 2.41. The van der Waals surface area contributed by atoms with E-state index in [1.54, 1.807) is 0 Å². The van der Waals surface area contributed by atoms with Crippen molar-refractivity contribution in [3.8, 4) is 5.88 Å². The number of ether oxygens (including phenoxy) is 1. The molecule has 1 aromatic heterocycles. The average molecular weight is 272 g/mol. The lowest BCUT2D eigenvalue weighted by atomic mass is 10.2. The summed E-state index contributed by atoms with van der Waals surface area (Å²) in [6.45, 7) is 5.57. The minimum absolute atomic E-state index is 0.645. The lowest BCUT2D eigenvalue weighted by Gasteiger charge is -2.08. The first-order valence-electron chi connectivity index (χ1n) is 6.54. The van der Waals surface area contributed by atoms with Crippen molar-refractivity contribution in [2.75, 3.05) is 24.3 Å². The molecule has 5 heteroatoms. The van der Waals surface area contributed by atoms with Gasteiger partial charge in [-0.25, -0.2) is 4.98 Å². The molecule has 0 aliphatic heterocycles. The Hall–Kier alpha value is -1.03. The maximum atomic E-state index is 5.63. The summed E-state index contributed by atoms with van der Waals surface area (Å²) in [4.78, 5) is 8.65. The highest BCUT2D eigenvalue weighted by Crippen LogP contribution is 2.12. The number of aryl methyl sites for hydroxylation is 1. The molecule has 4 nitrogen and oxygen atoms in total. The van der Waals surface area contributed by atoms with Gasteiger partial charge in [0.25, 0.3) is 0 Å². The van der Waals surface area contributed by atoms with Gasteiger partial charge in [-0.3, -0.25) is 0 Å². The Morgan fingerprint density at radius 1 is 1.28 bits per heavy atom. The lowest BCUT2D eigenvalue weighted by molar-refractivity contribution is 0.305. The van der Waals surface area contributed by atoms with Crippen LogP contribution in [0.15, 0.2) is 6.07 Å². The number of aromatic nitrogens is 2. The normalized spacial score (nSPS) is 10.4. The molecule has 0 atom stereocenters.